The molecule has 0 aromatic carbocycles. The van der Waals surface area contributed by atoms with Gasteiger partial charge < -0.3 is 5.11 Å². The first-order valence-electron chi connectivity index (χ1n) is 4.91. The van der Waals surface area contributed by atoms with Gasteiger partial charge in [0, 0.05) is 13.2 Å². The first kappa shape index (κ1) is 13.9. The van der Waals surface area contributed by atoms with Crippen molar-refractivity contribution in [2.45, 2.75) is 44.8 Å². The number of nitrogens with one attached hydrogen (secondary N) is 1. The third kappa shape index (κ3) is 4.93. The fourth-order valence-corrected chi connectivity index (χ4v) is 1.68. The van der Waals surface area contributed by atoms with Gasteiger partial charge in [0.15, 0.2) is 0 Å². The van der Waals surface area contributed by atoms with E-state index in [1.165, 1.54) is 0 Å². The molecule has 0 aliphatic heterocycles. The molecule has 0 aliphatic rings. The van der Waals surface area contributed by atoms with Gasteiger partial charge >= 0.3 is 0 Å². The Kier molecular flexibility index (Phi) is 5.63. The summed E-state index contributed by atoms with van der Waals surface area (Å²) in [6, 6.07) is 0. The minimum absolute atomic E-state index is 0.173. The van der Waals surface area contributed by atoms with E-state index in [9.17, 15) is 8.42 Å². The Morgan fingerprint density at radius 2 is 1.71 bits per heavy atom. The van der Waals surface area contributed by atoms with Gasteiger partial charge in [0.1, 0.15) is 0 Å². The third-order valence-corrected chi connectivity index (χ3v) is 4.13. The molecule has 5 heteroatoms. The molecule has 0 heterocycles. The molecule has 0 rings (SSSR count). The predicted molar refractivity (Wildman–Crippen MR) is 57.6 cm³/mol. The molecule has 0 fully saturated rings. The van der Waals surface area contributed by atoms with Crippen molar-refractivity contribution in [3.63, 3.8) is 0 Å². The van der Waals surface area contributed by atoms with Crippen molar-refractivity contribution in [3.8, 4) is 0 Å². The van der Waals surface area contributed by atoms with Crippen LogP contribution in [0.15, 0.2) is 0 Å². The number of rotatable bonds is 6. The molecule has 0 unspecified atom stereocenters. The van der Waals surface area contributed by atoms with Crippen LogP contribution in [0.1, 0.15) is 40.0 Å². The minimum atomic E-state index is -3.20. The van der Waals surface area contributed by atoms with Gasteiger partial charge in [-0.2, -0.15) is 0 Å². The molecule has 0 amide bonds. The summed E-state index contributed by atoms with van der Waals surface area (Å²) in [4.78, 5) is 0. The van der Waals surface area contributed by atoms with Crippen LogP contribution in [0.4, 0.5) is 0 Å². The summed E-state index contributed by atoms with van der Waals surface area (Å²) in [5.41, 5.74) is 0. The average Bonchev–Trinajstić information content (AvgIpc) is 2.02. The molecule has 0 aliphatic carbocycles. The Morgan fingerprint density at radius 3 is 2.14 bits per heavy atom. The van der Waals surface area contributed by atoms with Crippen molar-refractivity contribution in [2.24, 2.45) is 0 Å². The van der Waals surface area contributed by atoms with Crippen molar-refractivity contribution in [2.75, 3.05) is 13.2 Å². The second-order valence-corrected chi connectivity index (χ2v) is 6.81. The zero-order chi connectivity index (χ0) is 11.2. The largest absolute Gasteiger partial charge is 0.396 e. The van der Waals surface area contributed by atoms with E-state index in [-0.39, 0.29) is 6.61 Å². The highest BCUT2D eigenvalue weighted by Gasteiger charge is 2.27. The lowest BCUT2D eigenvalue weighted by Crippen LogP contribution is -2.39. The van der Waals surface area contributed by atoms with Crippen LogP contribution in [-0.2, 0) is 10.0 Å². The Hall–Kier alpha value is -0.130. The van der Waals surface area contributed by atoms with Crippen LogP contribution in [0, 0.1) is 0 Å². The summed E-state index contributed by atoms with van der Waals surface area (Å²) >= 11 is 0. The monoisotopic (exact) mass is 223 g/mol. The summed E-state index contributed by atoms with van der Waals surface area (Å²) < 4.78 is 24.9. The van der Waals surface area contributed by atoms with E-state index in [2.05, 4.69) is 4.72 Å². The molecule has 0 bridgehead atoms. The van der Waals surface area contributed by atoms with Crippen molar-refractivity contribution in [1.29, 1.82) is 0 Å². The SMILES string of the molecule is CC(C)(C)S(=O)(=O)NCCCCCO. The topological polar surface area (TPSA) is 66.4 Å². The summed E-state index contributed by atoms with van der Waals surface area (Å²) in [6.07, 6.45) is 2.36. The molecule has 0 aromatic heterocycles. The molecule has 0 saturated heterocycles. The van der Waals surface area contributed by atoms with Crippen LogP contribution in [-0.4, -0.2) is 31.4 Å². The maximum Gasteiger partial charge on any atom is 0.216 e. The molecular formula is C9H21NO3S. The number of hydrogen-bond acceptors (Lipinski definition) is 3. The number of unbranched alkanes of at least 4 members (excludes halogenated alkanes) is 2. The fraction of sp³-hybridized carbons (Fsp3) is 1.00. The number of aliphatic hydroxyl groups excluding tert-OH is 1. The van der Waals surface area contributed by atoms with E-state index in [1.807, 2.05) is 0 Å². The van der Waals surface area contributed by atoms with Crippen molar-refractivity contribution in [3.05, 3.63) is 0 Å². The van der Waals surface area contributed by atoms with E-state index >= 15 is 0 Å². The summed E-state index contributed by atoms with van der Waals surface area (Å²) in [5, 5.41) is 8.52. The van der Waals surface area contributed by atoms with Crippen LogP contribution >= 0.6 is 0 Å². The summed E-state index contributed by atoms with van der Waals surface area (Å²) in [7, 11) is -3.20. The van der Waals surface area contributed by atoms with Gasteiger partial charge in [-0.15, -0.1) is 0 Å². The minimum Gasteiger partial charge on any atom is -0.396 e. The Bertz CT molecular complexity index is 241. The molecule has 14 heavy (non-hydrogen) atoms. The molecule has 0 saturated carbocycles. The van der Waals surface area contributed by atoms with Crippen LogP contribution in [0.5, 0.6) is 0 Å². The maximum atomic E-state index is 11.5. The number of hydrogen-bond donors (Lipinski definition) is 2. The molecule has 0 aromatic rings. The molecule has 0 atom stereocenters. The zero-order valence-corrected chi connectivity index (χ0v) is 10.0. The quantitative estimate of drug-likeness (QED) is 0.657. The second-order valence-electron chi connectivity index (χ2n) is 4.29. The van der Waals surface area contributed by atoms with Gasteiger partial charge in [-0.05, 0) is 40.0 Å². The number of sulfonamides is 1. The smallest absolute Gasteiger partial charge is 0.216 e. The molecule has 4 nitrogen and oxygen atoms in total. The van der Waals surface area contributed by atoms with E-state index < -0.39 is 14.8 Å². The van der Waals surface area contributed by atoms with Crippen LogP contribution in [0.25, 0.3) is 0 Å². The Morgan fingerprint density at radius 1 is 1.14 bits per heavy atom. The Labute approximate surface area is 86.8 Å². The number of aliphatic hydroxyl groups is 1. The highest BCUT2D eigenvalue weighted by molar-refractivity contribution is 7.90. The maximum absolute atomic E-state index is 11.5. The summed E-state index contributed by atoms with van der Waals surface area (Å²) in [5.74, 6) is 0. The first-order chi connectivity index (χ1) is 6.31. The van der Waals surface area contributed by atoms with E-state index in [0.29, 0.717) is 6.54 Å². The molecule has 0 spiro atoms. The highest BCUT2D eigenvalue weighted by atomic mass is 32.2. The van der Waals surface area contributed by atoms with Gasteiger partial charge in [-0.1, -0.05) is 0 Å². The van der Waals surface area contributed by atoms with E-state index in [1.54, 1.807) is 20.8 Å². The van der Waals surface area contributed by atoms with Crippen molar-refractivity contribution >= 4 is 10.0 Å². The second kappa shape index (κ2) is 5.68. The van der Waals surface area contributed by atoms with Crippen molar-refractivity contribution < 1.29 is 13.5 Å². The van der Waals surface area contributed by atoms with Gasteiger partial charge in [-0.25, -0.2) is 13.1 Å². The van der Waals surface area contributed by atoms with Gasteiger partial charge in [0.2, 0.25) is 10.0 Å². The van der Waals surface area contributed by atoms with Crippen molar-refractivity contribution in [1.82, 2.24) is 4.72 Å². The fourth-order valence-electron chi connectivity index (χ4n) is 0.837. The molecular weight excluding hydrogens is 202 g/mol. The normalized spacial score (nSPS) is 13.1. The lowest BCUT2D eigenvalue weighted by Gasteiger charge is -2.19. The molecule has 2 N–H and O–H groups in total. The highest BCUT2D eigenvalue weighted by Crippen LogP contribution is 2.12. The lowest BCUT2D eigenvalue weighted by atomic mass is 10.2. The predicted octanol–water partition coefficient (Wildman–Crippen LogP) is 0.867. The average molecular weight is 223 g/mol. The zero-order valence-electron chi connectivity index (χ0n) is 9.21. The van der Waals surface area contributed by atoms with Gasteiger partial charge in [-0.3, -0.25) is 0 Å². The molecule has 0 radical (unpaired) electrons. The van der Waals surface area contributed by atoms with E-state index in [4.69, 9.17) is 5.11 Å². The standard InChI is InChI=1S/C9H21NO3S/c1-9(2,3)14(12,13)10-7-5-4-6-8-11/h10-11H,4-8H2,1-3H3. The van der Waals surface area contributed by atoms with Crippen LogP contribution in [0.3, 0.4) is 0 Å². The third-order valence-electron chi connectivity index (χ3n) is 1.93. The summed E-state index contributed by atoms with van der Waals surface area (Å²) in [6.45, 7) is 5.64. The first-order valence-corrected chi connectivity index (χ1v) is 6.39. The van der Waals surface area contributed by atoms with Gasteiger partial charge in [0.25, 0.3) is 0 Å². The van der Waals surface area contributed by atoms with E-state index in [0.717, 1.165) is 19.3 Å². The van der Waals surface area contributed by atoms with Gasteiger partial charge in [0.05, 0.1) is 4.75 Å². The van der Waals surface area contributed by atoms with Crippen LogP contribution in [0.2, 0.25) is 0 Å². The molecule has 86 valence electrons. The Balaban J connectivity index is 3.80. The van der Waals surface area contributed by atoms with Crippen LogP contribution < -0.4 is 4.72 Å². The lowest BCUT2D eigenvalue weighted by molar-refractivity contribution is 0.283.